The van der Waals surface area contributed by atoms with Crippen LogP contribution in [0.25, 0.3) is 0 Å². The summed E-state index contributed by atoms with van der Waals surface area (Å²) in [5.74, 6) is 0.980. The summed E-state index contributed by atoms with van der Waals surface area (Å²) in [4.78, 5) is 2.61. The molecule has 3 rings (SSSR count). The highest BCUT2D eigenvalue weighted by Gasteiger charge is 2.32. The van der Waals surface area contributed by atoms with Gasteiger partial charge in [-0.25, -0.2) is 0 Å². The van der Waals surface area contributed by atoms with E-state index >= 15 is 0 Å². The molecule has 116 valence electrons. The Balaban J connectivity index is 1.45. The Bertz CT molecular complexity index is 291. The fourth-order valence-electron chi connectivity index (χ4n) is 4.44. The van der Waals surface area contributed by atoms with E-state index in [1.165, 1.54) is 57.9 Å². The maximum absolute atomic E-state index is 5.80. The lowest BCUT2D eigenvalue weighted by Crippen LogP contribution is -2.53. The van der Waals surface area contributed by atoms with Gasteiger partial charge in [-0.1, -0.05) is 19.8 Å². The molecule has 0 radical (unpaired) electrons. The van der Waals surface area contributed by atoms with Crippen molar-refractivity contribution in [3.63, 3.8) is 0 Å². The number of rotatable bonds is 5. The molecule has 0 amide bonds. The van der Waals surface area contributed by atoms with Gasteiger partial charge in [0.25, 0.3) is 0 Å². The molecule has 3 fully saturated rings. The molecule has 2 aliphatic heterocycles. The van der Waals surface area contributed by atoms with Gasteiger partial charge in [-0.05, 0) is 51.0 Å². The highest BCUT2D eigenvalue weighted by molar-refractivity contribution is 4.90. The fraction of sp³-hybridized carbons (Fsp3) is 1.00. The van der Waals surface area contributed by atoms with Crippen LogP contribution in [-0.4, -0.2) is 49.3 Å². The summed E-state index contributed by atoms with van der Waals surface area (Å²) in [6.07, 6.45) is 11.6. The number of ether oxygens (including phenoxy) is 1. The van der Waals surface area contributed by atoms with Gasteiger partial charge in [-0.3, -0.25) is 4.90 Å². The highest BCUT2D eigenvalue weighted by Crippen LogP contribution is 2.32. The fourth-order valence-corrected chi connectivity index (χ4v) is 4.44. The zero-order valence-electron chi connectivity index (χ0n) is 13.2. The normalized spacial score (nSPS) is 38.1. The Morgan fingerprint density at radius 2 is 1.90 bits per heavy atom. The van der Waals surface area contributed by atoms with Crippen LogP contribution in [0.5, 0.6) is 0 Å². The van der Waals surface area contributed by atoms with E-state index in [9.17, 15) is 0 Å². The number of hydrogen-bond donors (Lipinski definition) is 1. The molecule has 2 saturated heterocycles. The molecule has 0 spiro atoms. The van der Waals surface area contributed by atoms with Gasteiger partial charge in [0, 0.05) is 31.8 Å². The van der Waals surface area contributed by atoms with Crippen LogP contribution in [0.1, 0.15) is 58.3 Å². The van der Waals surface area contributed by atoms with Gasteiger partial charge in [0.1, 0.15) is 0 Å². The molecular formula is C17H32N2O. The summed E-state index contributed by atoms with van der Waals surface area (Å²) in [7, 11) is 0. The lowest BCUT2D eigenvalue weighted by molar-refractivity contribution is 0.0653. The summed E-state index contributed by atoms with van der Waals surface area (Å²) in [6.45, 7) is 6.79. The second-order valence-electron chi connectivity index (χ2n) is 7.08. The highest BCUT2D eigenvalue weighted by atomic mass is 16.5. The number of nitrogens with zero attached hydrogens (tertiary/aromatic N) is 1. The van der Waals surface area contributed by atoms with Crippen LogP contribution >= 0.6 is 0 Å². The van der Waals surface area contributed by atoms with Crippen LogP contribution in [0.2, 0.25) is 0 Å². The molecular weight excluding hydrogens is 248 g/mol. The molecule has 20 heavy (non-hydrogen) atoms. The van der Waals surface area contributed by atoms with E-state index in [4.69, 9.17) is 4.74 Å². The predicted molar refractivity (Wildman–Crippen MR) is 83.0 cm³/mol. The van der Waals surface area contributed by atoms with Crippen LogP contribution in [-0.2, 0) is 4.74 Å². The molecule has 1 saturated carbocycles. The van der Waals surface area contributed by atoms with Crippen LogP contribution in [0.4, 0.5) is 0 Å². The van der Waals surface area contributed by atoms with Crippen LogP contribution in [0, 0.1) is 5.92 Å². The Morgan fingerprint density at radius 1 is 1.00 bits per heavy atom. The first-order valence-corrected chi connectivity index (χ1v) is 8.95. The van der Waals surface area contributed by atoms with Gasteiger partial charge >= 0.3 is 0 Å². The van der Waals surface area contributed by atoms with Crippen molar-refractivity contribution in [1.82, 2.24) is 10.2 Å². The maximum Gasteiger partial charge on any atom is 0.0702 e. The Morgan fingerprint density at radius 3 is 2.70 bits per heavy atom. The first-order valence-electron chi connectivity index (χ1n) is 8.95. The number of piperidine rings is 1. The van der Waals surface area contributed by atoms with Crippen molar-refractivity contribution in [1.29, 1.82) is 0 Å². The van der Waals surface area contributed by atoms with Gasteiger partial charge < -0.3 is 10.1 Å². The SMILES string of the molecule is CCN(CC1CCC2CCCCC2N1)CC1CCCO1. The standard InChI is InChI=1S/C17H32N2O/c1-2-19(13-16-7-5-11-20-16)12-15-10-9-14-6-3-4-8-17(14)18-15/h14-18H,2-13H2,1H3. The van der Waals surface area contributed by atoms with E-state index in [1.807, 2.05) is 0 Å². The zero-order chi connectivity index (χ0) is 13.8. The van der Waals surface area contributed by atoms with Crippen LogP contribution in [0.3, 0.4) is 0 Å². The van der Waals surface area contributed by atoms with Crippen molar-refractivity contribution in [2.75, 3.05) is 26.2 Å². The molecule has 0 aromatic heterocycles. The van der Waals surface area contributed by atoms with E-state index in [0.717, 1.165) is 37.7 Å². The first kappa shape index (κ1) is 14.8. The summed E-state index contributed by atoms with van der Waals surface area (Å²) >= 11 is 0. The van der Waals surface area contributed by atoms with E-state index in [1.54, 1.807) is 0 Å². The van der Waals surface area contributed by atoms with Gasteiger partial charge in [0.05, 0.1) is 6.10 Å². The molecule has 0 aromatic rings. The Kier molecular flexibility index (Phi) is 5.36. The van der Waals surface area contributed by atoms with Crippen LogP contribution in [0.15, 0.2) is 0 Å². The quantitative estimate of drug-likeness (QED) is 0.838. The Hall–Kier alpha value is -0.120. The number of likely N-dealkylation sites (N-methyl/N-ethyl adjacent to an activating group) is 1. The van der Waals surface area contributed by atoms with Crippen molar-refractivity contribution in [3.05, 3.63) is 0 Å². The van der Waals surface area contributed by atoms with Crippen molar-refractivity contribution >= 4 is 0 Å². The number of hydrogen-bond acceptors (Lipinski definition) is 3. The van der Waals surface area contributed by atoms with Crippen molar-refractivity contribution < 1.29 is 4.74 Å². The second-order valence-corrected chi connectivity index (χ2v) is 7.08. The Labute approximate surface area is 124 Å². The van der Waals surface area contributed by atoms with E-state index < -0.39 is 0 Å². The van der Waals surface area contributed by atoms with Crippen molar-refractivity contribution in [2.45, 2.75) is 76.5 Å². The molecule has 0 bridgehead atoms. The van der Waals surface area contributed by atoms with Gasteiger partial charge in [-0.15, -0.1) is 0 Å². The summed E-state index contributed by atoms with van der Waals surface area (Å²) < 4.78 is 5.80. The second kappa shape index (κ2) is 7.24. The van der Waals surface area contributed by atoms with Crippen molar-refractivity contribution in [3.8, 4) is 0 Å². The van der Waals surface area contributed by atoms with E-state index in [-0.39, 0.29) is 0 Å². The van der Waals surface area contributed by atoms with Gasteiger partial charge in [0.15, 0.2) is 0 Å². The minimum Gasteiger partial charge on any atom is -0.377 e. The molecule has 0 aromatic carbocycles. The van der Waals surface area contributed by atoms with Crippen LogP contribution < -0.4 is 5.32 Å². The van der Waals surface area contributed by atoms with E-state index in [2.05, 4.69) is 17.1 Å². The third-order valence-electron chi connectivity index (χ3n) is 5.66. The molecule has 3 aliphatic rings. The van der Waals surface area contributed by atoms with E-state index in [0.29, 0.717) is 6.10 Å². The molecule has 4 atom stereocenters. The molecule has 1 N–H and O–H groups in total. The largest absolute Gasteiger partial charge is 0.377 e. The maximum atomic E-state index is 5.80. The molecule has 3 nitrogen and oxygen atoms in total. The average molecular weight is 280 g/mol. The number of nitrogens with one attached hydrogen (secondary N) is 1. The lowest BCUT2D eigenvalue weighted by Gasteiger charge is -2.42. The monoisotopic (exact) mass is 280 g/mol. The molecule has 4 unspecified atom stereocenters. The zero-order valence-corrected chi connectivity index (χ0v) is 13.2. The smallest absolute Gasteiger partial charge is 0.0702 e. The summed E-state index contributed by atoms with van der Waals surface area (Å²) in [5.41, 5.74) is 0. The number of fused-ring (bicyclic) bond motifs is 1. The molecule has 1 aliphatic carbocycles. The summed E-state index contributed by atoms with van der Waals surface area (Å²) in [6, 6.07) is 1.54. The van der Waals surface area contributed by atoms with Gasteiger partial charge in [-0.2, -0.15) is 0 Å². The lowest BCUT2D eigenvalue weighted by atomic mass is 9.77. The molecule has 2 heterocycles. The predicted octanol–water partition coefficient (Wildman–Crippen LogP) is 2.80. The summed E-state index contributed by atoms with van der Waals surface area (Å²) in [5, 5.41) is 3.96. The van der Waals surface area contributed by atoms with Gasteiger partial charge in [0.2, 0.25) is 0 Å². The molecule has 3 heteroatoms. The third-order valence-corrected chi connectivity index (χ3v) is 5.66. The minimum absolute atomic E-state index is 0.501. The topological polar surface area (TPSA) is 24.5 Å². The first-order chi connectivity index (χ1) is 9.85. The third kappa shape index (κ3) is 3.75. The minimum atomic E-state index is 0.501. The van der Waals surface area contributed by atoms with Crippen molar-refractivity contribution in [2.24, 2.45) is 5.92 Å². The average Bonchev–Trinajstić information content (AvgIpc) is 2.99.